The fourth-order valence-electron chi connectivity index (χ4n) is 3.19. The van der Waals surface area contributed by atoms with E-state index in [2.05, 4.69) is 50.4 Å². The number of hydrogen-bond donors (Lipinski definition) is 1. The smallest absolute Gasteiger partial charge is 0.0863 e. The molecule has 2 atom stereocenters. The highest BCUT2D eigenvalue weighted by atomic mass is 35.5. The van der Waals surface area contributed by atoms with Crippen molar-refractivity contribution in [2.45, 2.75) is 38.9 Å². The van der Waals surface area contributed by atoms with Crippen LogP contribution in [0.2, 0.25) is 0 Å². The van der Waals surface area contributed by atoms with Crippen LogP contribution in [0.15, 0.2) is 23.8 Å². The summed E-state index contributed by atoms with van der Waals surface area (Å²) in [6.45, 7) is 9.25. The summed E-state index contributed by atoms with van der Waals surface area (Å²) in [5.74, 6) is 0.492. The van der Waals surface area contributed by atoms with Gasteiger partial charge in [0.15, 0.2) is 0 Å². The van der Waals surface area contributed by atoms with Crippen molar-refractivity contribution < 1.29 is 4.74 Å². The van der Waals surface area contributed by atoms with Gasteiger partial charge in [-0.25, -0.2) is 0 Å². The molecule has 104 valence electrons. The first-order chi connectivity index (χ1) is 8.60. The summed E-state index contributed by atoms with van der Waals surface area (Å²) in [5.41, 5.74) is 5.49. The third-order valence-electron chi connectivity index (χ3n) is 4.18. The van der Waals surface area contributed by atoms with E-state index in [4.69, 9.17) is 4.74 Å². The Kier molecular flexibility index (Phi) is 4.05. The molecule has 2 nitrogen and oxygen atoms in total. The molecule has 1 aromatic carbocycles. The minimum Gasteiger partial charge on any atom is -0.369 e. The highest BCUT2D eigenvalue weighted by molar-refractivity contribution is 5.85. The second-order valence-corrected chi connectivity index (χ2v) is 5.92. The summed E-state index contributed by atoms with van der Waals surface area (Å²) < 4.78 is 6.15. The molecule has 0 bridgehead atoms. The van der Waals surface area contributed by atoms with Gasteiger partial charge in [0.25, 0.3) is 0 Å². The van der Waals surface area contributed by atoms with Crippen LogP contribution in [0.5, 0.6) is 0 Å². The molecule has 0 spiro atoms. The highest BCUT2D eigenvalue weighted by Crippen LogP contribution is 2.42. The van der Waals surface area contributed by atoms with Crippen LogP contribution in [0.4, 0.5) is 0 Å². The Hall–Kier alpha value is -0.830. The third-order valence-corrected chi connectivity index (χ3v) is 4.18. The Balaban J connectivity index is 0.00000133. The zero-order valence-corrected chi connectivity index (χ0v) is 12.6. The van der Waals surface area contributed by atoms with E-state index in [-0.39, 0.29) is 18.0 Å². The fourth-order valence-corrected chi connectivity index (χ4v) is 3.19. The van der Waals surface area contributed by atoms with E-state index in [0.717, 1.165) is 19.7 Å². The van der Waals surface area contributed by atoms with Crippen molar-refractivity contribution in [3.8, 4) is 0 Å². The SMILES string of the molecule is CC(C)=Cc1cccc2c1CO[C@]1(C)CNC[C@H]21.Cl. The first-order valence-electron chi connectivity index (χ1n) is 6.71. The van der Waals surface area contributed by atoms with Gasteiger partial charge in [0.2, 0.25) is 0 Å². The van der Waals surface area contributed by atoms with Gasteiger partial charge in [-0.05, 0) is 37.5 Å². The number of allylic oxidation sites excluding steroid dienone is 1. The van der Waals surface area contributed by atoms with E-state index in [1.807, 2.05) is 0 Å². The van der Waals surface area contributed by atoms with Gasteiger partial charge >= 0.3 is 0 Å². The van der Waals surface area contributed by atoms with Gasteiger partial charge in [-0.1, -0.05) is 29.8 Å². The molecule has 0 unspecified atom stereocenters. The molecular weight excluding hydrogens is 258 g/mol. The number of rotatable bonds is 1. The zero-order valence-electron chi connectivity index (χ0n) is 11.8. The monoisotopic (exact) mass is 279 g/mol. The molecule has 2 heterocycles. The molecule has 1 N–H and O–H groups in total. The maximum Gasteiger partial charge on any atom is 0.0863 e. The van der Waals surface area contributed by atoms with E-state index in [1.165, 1.54) is 22.3 Å². The Morgan fingerprint density at radius 2 is 2.21 bits per heavy atom. The second kappa shape index (κ2) is 5.28. The predicted octanol–water partition coefficient (Wildman–Crippen LogP) is 3.51. The van der Waals surface area contributed by atoms with Crippen LogP contribution in [0.1, 0.15) is 43.4 Å². The molecule has 0 saturated carbocycles. The van der Waals surface area contributed by atoms with E-state index in [0.29, 0.717) is 5.92 Å². The van der Waals surface area contributed by atoms with E-state index in [1.54, 1.807) is 0 Å². The van der Waals surface area contributed by atoms with Crippen LogP contribution in [0, 0.1) is 0 Å². The van der Waals surface area contributed by atoms with Crippen LogP contribution in [-0.4, -0.2) is 18.7 Å². The van der Waals surface area contributed by atoms with E-state index >= 15 is 0 Å². The lowest BCUT2D eigenvalue weighted by Gasteiger charge is -2.37. The van der Waals surface area contributed by atoms with E-state index < -0.39 is 0 Å². The van der Waals surface area contributed by atoms with Crippen molar-refractivity contribution in [3.63, 3.8) is 0 Å². The van der Waals surface area contributed by atoms with Gasteiger partial charge in [-0.15, -0.1) is 12.4 Å². The summed E-state index contributed by atoms with van der Waals surface area (Å²) in [6, 6.07) is 6.65. The third kappa shape index (κ3) is 2.45. The Morgan fingerprint density at radius 3 is 2.95 bits per heavy atom. The van der Waals surface area contributed by atoms with Gasteiger partial charge in [0.05, 0.1) is 12.2 Å². The Labute approximate surface area is 121 Å². The average Bonchev–Trinajstić information content (AvgIpc) is 2.70. The van der Waals surface area contributed by atoms with Crippen molar-refractivity contribution >= 4 is 18.5 Å². The second-order valence-electron chi connectivity index (χ2n) is 5.92. The normalized spacial score (nSPS) is 28.1. The van der Waals surface area contributed by atoms with Gasteiger partial charge in [-0.3, -0.25) is 0 Å². The van der Waals surface area contributed by atoms with Gasteiger partial charge in [0, 0.05) is 19.0 Å². The lowest BCUT2D eigenvalue weighted by molar-refractivity contribution is -0.0518. The first-order valence-corrected chi connectivity index (χ1v) is 6.71. The van der Waals surface area contributed by atoms with Gasteiger partial charge in [-0.2, -0.15) is 0 Å². The Bertz CT molecular complexity index is 507. The zero-order chi connectivity index (χ0) is 12.8. The highest BCUT2D eigenvalue weighted by Gasteiger charge is 2.44. The number of hydrogen-bond acceptors (Lipinski definition) is 2. The molecule has 0 amide bonds. The van der Waals surface area contributed by atoms with E-state index in [9.17, 15) is 0 Å². The molecule has 1 fully saturated rings. The quantitative estimate of drug-likeness (QED) is 0.849. The first kappa shape index (κ1) is 14.6. The summed E-state index contributed by atoms with van der Waals surface area (Å²) in [5, 5.41) is 3.47. The summed E-state index contributed by atoms with van der Waals surface area (Å²) in [4.78, 5) is 0. The largest absolute Gasteiger partial charge is 0.369 e. The fraction of sp³-hybridized carbons (Fsp3) is 0.500. The van der Waals surface area contributed by atoms with Gasteiger partial charge in [0.1, 0.15) is 0 Å². The Morgan fingerprint density at radius 1 is 1.42 bits per heavy atom. The van der Waals surface area contributed by atoms with Crippen molar-refractivity contribution in [1.82, 2.24) is 5.32 Å². The number of benzene rings is 1. The van der Waals surface area contributed by atoms with Crippen molar-refractivity contribution in [3.05, 3.63) is 40.5 Å². The maximum atomic E-state index is 6.15. The van der Waals surface area contributed by atoms with Crippen molar-refractivity contribution in [1.29, 1.82) is 0 Å². The number of fused-ring (bicyclic) bond motifs is 3. The van der Waals surface area contributed by atoms with Crippen LogP contribution in [0.3, 0.4) is 0 Å². The standard InChI is InChI=1S/C16H21NO.ClH/c1-11(2)7-12-5-4-6-13-14(12)9-18-16(3)10-17-8-15(13)16;/h4-7,15,17H,8-10H2,1-3H3;1H/t15-,16-;/m1./s1. The number of ether oxygens (including phenoxy) is 1. The maximum absolute atomic E-state index is 6.15. The average molecular weight is 280 g/mol. The van der Waals surface area contributed by atoms with Crippen LogP contribution < -0.4 is 5.32 Å². The summed E-state index contributed by atoms with van der Waals surface area (Å²) in [6.07, 6.45) is 2.26. The molecule has 0 aliphatic carbocycles. The van der Waals surface area contributed by atoms with Crippen molar-refractivity contribution in [2.24, 2.45) is 0 Å². The molecule has 2 aliphatic rings. The van der Waals surface area contributed by atoms with Crippen LogP contribution in [0.25, 0.3) is 6.08 Å². The summed E-state index contributed by atoms with van der Waals surface area (Å²) in [7, 11) is 0. The number of halogens is 1. The molecule has 1 saturated heterocycles. The molecule has 0 radical (unpaired) electrons. The molecule has 1 aromatic rings. The lowest BCUT2D eigenvalue weighted by atomic mass is 9.80. The molecule has 19 heavy (non-hydrogen) atoms. The summed E-state index contributed by atoms with van der Waals surface area (Å²) >= 11 is 0. The minimum absolute atomic E-state index is 0. The molecule has 3 heteroatoms. The molecule has 2 aliphatic heterocycles. The molecule has 3 rings (SSSR count). The molecular formula is C16H22ClNO. The lowest BCUT2D eigenvalue weighted by Crippen LogP contribution is -2.39. The van der Waals surface area contributed by atoms with Crippen LogP contribution >= 0.6 is 12.4 Å². The van der Waals surface area contributed by atoms with Crippen molar-refractivity contribution in [2.75, 3.05) is 13.1 Å². The van der Waals surface area contributed by atoms with Crippen LogP contribution in [-0.2, 0) is 11.3 Å². The predicted molar refractivity (Wildman–Crippen MR) is 81.8 cm³/mol. The number of nitrogens with one attached hydrogen (secondary N) is 1. The molecule has 0 aromatic heterocycles. The topological polar surface area (TPSA) is 21.3 Å². The minimum atomic E-state index is -0.0173. The van der Waals surface area contributed by atoms with Gasteiger partial charge < -0.3 is 10.1 Å².